The van der Waals surface area contributed by atoms with Gasteiger partial charge in [-0.25, -0.2) is 0 Å². The predicted molar refractivity (Wildman–Crippen MR) is 88.2 cm³/mol. The predicted octanol–water partition coefficient (Wildman–Crippen LogP) is 3.39. The number of ether oxygens (including phenoxy) is 1. The van der Waals surface area contributed by atoms with Crippen LogP contribution >= 0.6 is 23.2 Å². The number of nitrogens with zero attached hydrogens (tertiary/aromatic N) is 3. The Morgan fingerprint density at radius 3 is 2.78 bits per heavy atom. The largest absolute Gasteiger partial charge is 0.471 e. The highest BCUT2D eigenvalue weighted by Gasteiger charge is 2.29. The maximum atomic E-state index is 12.5. The fourth-order valence-corrected chi connectivity index (χ4v) is 2.95. The fraction of sp³-hybridized carbons (Fsp3) is 0.312. The average Bonchev–Trinajstić information content (AvgIpc) is 2.97. The van der Waals surface area contributed by atoms with Crippen molar-refractivity contribution in [3.63, 3.8) is 0 Å². The molecule has 3 rings (SSSR count). The second-order valence-corrected chi connectivity index (χ2v) is 6.26. The van der Waals surface area contributed by atoms with Gasteiger partial charge in [0.05, 0.1) is 22.8 Å². The number of likely N-dealkylation sites (tertiary alicyclic amines) is 1. The number of carbonyl (C=O) groups excluding carboxylic acids is 1. The van der Waals surface area contributed by atoms with E-state index in [4.69, 9.17) is 27.9 Å². The van der Waals surface area contributed by atoms with E-state index in [0.29, 0.717) is 34.6 Å². The third-order valence-corrected chi connectivity index (χ3v) is 4.20. The molecular formula is C16H15Cl2N3O2. The number of rotatable bonds is 3. The van der Waals surface area contributed by atoms with Gasteiger partial charge in [0.2, 0.25) is 5.88 Å². The summed E-state index contributed by atoms with van der Waals surface area (Å²) < 4.78 is 5.77. The minimum Gasteiger partial charge on any atom is -0.471 e. The Morgan fingerprint density at radius 1 is 1.26 bits per heavy atom. The first kappa shape index (κ1) is 16.0. The zero-order chi connectivity index (χ0) is 16.4. The smallest absolute Gasteiger partial charge is 0.255 e. The minimum atomic E-state index is -0.118. The van der Waals surface area contributed by atoms with Crippen LogP contribution in [0.1, 0.15) is 22.5 Å². The second kappa shape index (κ2) is 6.72. The quantitative estimate of drug-likeness (QED) is 0.850. The Kier molecular flexibility index (Phi) is 4.68. The molecule has 2 aromatic rings. The zero-order valence-corrected chi connectivity index (χ0v) is 14.0. The molecule has 0 bridgehead atoms. The van der Waals surface area contributed by atoms with Crippen LogP contribution in [-0.4, -0.2) is 40.2 Å². The summed E-state index contributed by atoms with van der Waals surface area (Å²) in [5, 5.41) is 8.80. The van der Waals surface area contributed by atoms with Crippen molar-refractivity contribution < 1.29 is 9.53 Å². The lowest BCUT2D eigenvalue weighted by Crippen LogP contribution is -2.31. The fourth-order valence-electron chi connectivity index (χ4n) is 2.46. The molecule has 0 aliphatic carbocycles. The average molecular weight is 352 g/mol. The number of aryl methyl sites for hydroxylation is 1. The van der Waals surface area contributed by atoms with Gasteiger partial charge in [-0.15, -0.1) is 5.10 Å². The van der Waals surface area contributed by atoms with E-state index in [0.717, 1.165) is 12.1 Å². The Bertz CT molecular complexity index is 722. The first-order chi connectivity index (χ1) is 11.0. The molecule has 1 atom stereocenters. The van der Waals surface area contributed by atoms with Crippen LogP contribution in [0.2, 0.25) is 10.0 Å². The van der Waals surface area contributed by atoms with E-state index in [1.54, 1.807) is 29.2 Å². The van der Waals surface area contributed by atoms with Crippen molar-refractivity contribution in [2.45, 2.75) is 19.4 Å². The molecule has 1 aliphatic heterocycles. The molecule has 120 valence electrons. The summed E-state index contributed by atoms with van der Waals surface area (Å²) >= 11 is 12.0. The molecule has 1 fully saturated rings. The van der Waals surface area contributed by atoms with E-state index in [9.17, 15) is 4.79 Å². The summed E-state index contributed by atoms with van der Waals surface area (Å²) in [6, 6.07) is 8.50. The zero-order valence-electron chi connectivity index (χ0n) is 12.5. The van der Waals surface area contributed by atoms with Gasteiger partial charge in [-0.05, 0) is 31.2 Å². The Morgan fingerprint density at radius 2 is 2.09 bits per heavy atom. The molecule has 0 saturated carbocycles. The molecule has 2 heterocycles. The van der Waals surface area contributed by atoms with Crippen molar-refractivity contribution in [3.8, 4) is 5.88 Å². The molecule has 1 unspecified atom stereocenters. The van der Waals surface area contributed by atoms with Crippen LogP contribution in [0, 0.1) is 6.92 Å². The summed E-state index contributed by atoms with van der Waals surface area (Å²) in [4.78, 5) is 14.3. The number of amides is 1. The van der Waals surface area contributed by atoms with Gasteiger partial charge >= 0.3 is 0 Å². The van der Waals surface area contributed by atoms with E-state index >= 15 is 0 Å². The van der Waals surface area contributed by atoms with E-state index in [-0.39, 0.29) is 12.0 Å². The molecule has 1 aliphatic rings. The third-order valence-electron chi connectivity index (χ3n) is 3.65. The third kappa shape index (κ3) is 3.74. The van der Waals surface area contributed by atoms with Crippen LogP contribution in [-0.2, 0) is 0 Å². The first-order valence-corrected chi connectivity index (χ1v) is 8.00. The molecule has 1 aromatic carbocycles. The van der Waals surface area contributed by atoms with Crippen LogP contribution in [0.3, 0.4) is 0 Å². The second-order valence-electron chi connectivity index (χ2n) is 5.42. The molecule has 1 aromatic heterocycles. The number of hydrogen-bond acceptors (Lipinski definition) is 4. The lowest BCUT2D eigenvalue weighted by Gasteiger charge is -2.17. The summed E-state index contributed by atoms with van der Waals surface area (Å²) in [6.07, 6.45) is 0.647. The number of carbonyl (C=O) groups is 1. The summed E-state index contributed by atoms with van der Waals surface area (Å²) in [7, 11) is 0. The van der Waals surface area contributed by atoms with Crippen molar-refractivity contribution in [3.05, 3.63) is 51.6 Å². The van der Waals surface area contributed by atoms with Gasteiger partial charge in [-0.3, -0.25) is 4.79 Å². The van der Waals surface area contributed by atoms with Crippen LogP contribution < -0.4 is 4.74 Å². The molecule has 1 saturated heterocycles. The van der Waals surface area contributed by atoms with Crippen molar-refractivity contribution in [1.82, 2.24) is 15.1 Å². The maximum Gasteiger partial charge on any atom is 0.255 e. The van der Waals surface area contributed by atoms with Crippen LogP contribution in [0.25, 0.3) is 0 Å². The van der Waals surface area contributed by atoms with Crippen LogP contribution in [0.5, 0.6) is 5.88 Å². The van der Waals surface area contributed by atoms with E-state index in [2.05, 4.69) is 10.2 Å². The van der Waals surface area contributed by atoms with Crippen LogP contribution in [0.4, 0.5) is 0 Å². The highest BCUT2D eigenvalue weighted by atomic mass is 35.5. The van der Waals surface area contributed by atoms with E-state index < -0.39 is 0 Å². The standard InChI is InChI=1S/C16H15Cl2N3O2/c1-10-2-5-15(20-19-10)23-12-6-7-21(9-12)16(22)13-4-3-11(17)8-14(13)18/h2-5,8,12H,6-7,9H2,1H3. The summed E-state index contributed by atoms with van der Waals surface area (Å²) in [5.74, 6) is 0.354. The number of benzene rings is 1. The Balaban J connectivity index is 1.65. The number of aromatic nitrogens is 2. The molecule has 23 heavy (non-hydrogen) atoms. The molecule has 7 heteroatoms. The number of hydrogen-bond donors (Lipinski definition) is 0. The van der Waals surface area contributed by atoms with Crippen molar-refractivity contribution in [1.29, 1.82) is 0 Å². The monoisotopic (exact) mass is 351 g/mol. The molecule has 0 spiro atoms. The van der Waals surface area contributed by atoms with E-state index in [1.165, 1.54) is 0 Å². The van der Waals surface area contributed by atoms with Crippen molar-refractivity contribution >= 4 is 29.1 Å². The molecule has 0 N–H and O–H groups in total. The molecule has 0 radical (unpaired) electrons. The molecule has 1 amide bonds. The lowest BCUT2D eigenvalue weighted by atomic mass is 10.2. The van der Waals surface area contributed by atoms with E-state index in [1.807, 2.05) is 13.0 Å². The Hall–Kier alpha value is -1.85. The van der Waals surface area contributed by atoms with Gasteiger partial charge in [0.25, 0.3) is 5.91 Å². The lowest BCUT2D eigenvalue weighted by molar-refractivity contribution is 0.0771. The topological polar surface area (TPSA) is 55.3 Å². The van der Waals surface area contributed by atoms with Gasteiger partial charge in [0.15, 0.2) is 0 Å². The van der Waals surface area contributed by atoms with Gasteiger partial charge in [0.1, 0.15) is 6.10 Å². The van der Waals surface area contributed by atoms with Gasteiger partial charge in [0, 0.05) is 24.1 Å². The number of halogens is 2. The molecular weight excluding hydrogens is 337 g/mol. The first-order valence-electron chi connectivity index (χ1n) is 7.24. The normalized spacial score (nSPS) is 17.3. The van der Waals surface area contributed by atoms with Gasteiger partial charge in [-0.1, -0.05) is 23.2 Å². The van der Waals surface area contributed by atoms with Gasteiger partial charge in [-0.2, -0.15) is 5.10 Å². The highest BCUT2D eigenvalue weighted by molar-refractivity contribution is 6.36. The summed E-state index contributed by atoms with van der Waals surface area (Å²) in [6.45, 7) is 2.97. The van der Waals surface area contributed by atoms with Crippen LogP contribution in [0.15, 0.2) is 30.3 Å². The molecule has 5 nitrogen and oxygen atoms in total. The Labute approximate surface area is 144 Å². The minimum absolute atomic E-state index is 0.0953. The van der Waals surface area contributed by atoms with Gasteiger partial charge < -0.3 is 9.64 Å². The summed E-state index contributed by atoms with van der Waals surface area (Å²) in [5.41, 5.74) is 1.28. The van der Waals surface area contributed by atoms with Crippen molar-refractivity contribution in [2.24, 2.45) is 0 Å². The maximum absolute atomic E-state index is 12.5. The highest BCUT2D eigenvalue weighted by Crippen LogP contribution is 2.24. The SMILES string of the molecule is Cc1ccc(OC2CCN(C(=O)c3ccc(Cl)cc3Cl)C2)nn1. The van der Waals surface area contributed by atoms with Crippen molar-refractivity contribution in [2.75, 3.05) is 13.1 Å².